The van der Waals surface area contributed by atoms with Gasteiger partial charge in [-0.2, -0.15) is 0 Å². The molecule has 0 amide bonds. The van der Waals surface area contributed by atoms with Crippen LogP contribution in [0.5, 0.6) is 0 Å². The lowest BCUT2D eigenvalue weighted by molar-refractivity contribution is -0.517. The fraction of sp³-hybridized carbons (Fsp3) is 0.786. The van der Waals surface area contributed by atoms with E-state index in [0.29, 0.717) is 0 Å². The van der Waals surface area contributed by atoms with E-state index in [2.05, 4.69) is 51.5 Å². The zero-order valence-electron chi connectivity index (χ0n) is 11.2. The zero-order valence-corrected chi connectivity index (χ0v) is 11.2. The van der Waals surface area contributed by atoms with E-state index in [1.807, 2.05) is 0 Å². The molecule has 0 spiro atoms. The van der Waals surface area contributed by atoms with Gasteiger partial charge in [-0.15, -0.1) is 0 Å². The molecular weight excluding hydrogens is 182 g/mol. The summed E-state index contributed by atoms with van der Waals surface area (Å²) in [5.74, 6) is 0.807. The van der Waals surface area contributed by atoms with Crippen molar-refractivity contribution in [1.29, 1.82) is 0 Å². The summed E-state index contributed by atoms with van der Waals surface area (Å²) in [6, 6.07) is 0. The third-order valence-corrected chi connectivity index (χ3v) is 2.79. The van der Waals surface area contributed by atoms with Crippen LogP contribution < -0.4 is 0 Å². The molecule has 0 aliphatic heterocycles. The third-order valence-electron chi connectivity index (χ3n) is 2.79. The molecule has 0 bridgehead atoms. The maximum Gasteiger partial charge on any atom is 0.139 e. The van der Waals surface area contributed by atoms with Crippen molar-refractivity contribution in [3.63, 3.8) is 0 Å². The van der Waals surface area contributed by atoms with Gasteiger partial charge in [-0.1, -0.05) is 18.6 Å². The van der Waals surface area contributed by atoms with Crippen LogP contribution in [0.25, 0.3) is 0 Å². The summed E-state index contributed by atoms with van der Waals surface area (Å²) in [6.07, 6.45) is 8.47. The first kappa shape index (κ1) is 14.4. The monoisotopic (exact) mass is 210 g/mol. The second kappa shape index (κ2) is 8.70. The van der Waals surface area contributed by atoms with Gasteiger partial charge in [-0.05, 0) is 46.5 Å². The highest BCUT2D eigenvalue weighted by Gasteiger charge is 2.02. The Balaban J connectivity index is 3.78. The van der Waals surface area contributed by atoms with E-state index in [1.165, 1.54) is 24.8 Å². The smallest absolute Gasteiger partial charge is 0.139 e. The van der Waals surface area contributed by atoms with E-state index in [1.54, 1.807) is 0 Å². The summed E-state index contributed by atoms with van der Waals surface area (Å²) in [5.41, 5.74) is 1.44. The van der Waals surface area contributed by atoms with Crippen LogP contribution >= 0.6 is 0 Å². The van der Waals surface area contributed by atoms with Crippen LogP contribution in [0.3, 0.4) is 0 Å². The molecule has 0 fully saturated rings. The standard InChI is InChI=1S/C14H28N/c1-6-15(7-2)12-11-14(5)10-8-9-13(3)4/h9,12,14H,6-8,10-11H2,1-5H3/q+1. The van der Waals surface area contributed by atoms with Crippen molar-refractivity contribution in [3.05, 3.63) is 11.6 Å². The molecule has 1 unspecified atom stereocenters. The minimum atomic E-state index is 0.807. The fourth-order valence-corrected chi connectivity index (χ4v) is 1.59. The molecule has 0 saturated heterocycles. The highest BCUT2D eigenvalue weighted by atomic mass is 15.0. The maximum atomic E-state index is 2.39. The van der Waals surface area contributed by atoms with E-state index in [-0.39, 0.29) is 0 Å². The number of allylic oxidation sites excluding steroid dienone is 2. The molecule has 1 atom stereocenters. The molecule has 88 valence electrons. The minimum Gasteiger partial charge on any atom is -0.240 e. The molecule has 0 N–H and O–H groups in total. The lowest BCUT2D eigenvalue weighted by atomic mass is 10.0. The average Bonchev–Trinajstić information content (AvgIpc) is 2.18. The van der Waals surface area contributed by atoms with Gasteiger partial charge in [-0.3, -0.25) is 0 Å². The average molecular weight is 210 g/mol. The van der Waals surface area contributed by atoms with Gasteiger partial charge in [0.25, 0.3) is 0 Å². The normalized spacial score (nSPS) is 12.1. The zero-order chi connectivity index (χ0) is 11.7. The number of rotatable bonds is 7. The van der Waals surface area contributed by atoms with Gasteiger partial charge in [-0.25, -0.2) is 4.58 Å². The van der Waals surface area contributed by atoms with Crippen LogP contribution in [0.1, 0.15) is 53.9 Å². The first-order valence-electron chi connectivity index (χ1n) is 6.30. The van der Waals surface area contributed by atoms with E-state index < -0.39 is 0 Å². The Morgan fingerprint density at radius 3 is 2.27 bits per heavy atom. The topological polar surface area (TPSA) is 3.01 Å². The first-order valence-corrected chi connectivity index (χ1v) is 6.30. The number of hydrogen-bond acceptors (Lipinski definition) is 0. The van der Waals surface area contributed by atoms with Gasteiger partial charge in [0.05, 0.1) is 0 Å². The Bertz CT molecular complexity index is 203. The quantitative estimate of drug-likeness (QED) is 0.341. The van der Waals surface area contributed by atoms with Crippen LogP contribution in [0.2, 0.25) is 0 Å². The Morgan fingerprint density at radius 2 is 1.80 bits per heavy atom. The molecule has 0 aromatic carbocycles. The van der Waals surface area contributed by atoms with Crippen molar-refractivity contribution in [2.75, 3.05) is 13.1 Å². The van der Waals surface area contributed by atoms with Gasteiger partial charge in [0.15, 0.2) is 0 Å². The van der Waals surface area contributed by atoms with Crippen LogP contribution in [0.15, 0.2) is 11.6 Å². The van der Waals surface area contributed by atoms with E-state index in [4.69, 9.17) is 0 Å². The molecule has 0 saturated carbocycles. The molecule has 1 nitrogen and oxygen atoms in total. The van der Waals surface area contributed by atoms with Crippen molar-refractivity contribution in [2.45, 2.75) is 53.9 Å². The largest absolute Gasteiger partial charge is 0.240 e. The number of nitrogens with zero attached hydrogens (tertiary/aromatic N) is 1. The minimum absolute atomic E-state index is 0.807. The summed E-state index contributed by atoms with van der Waals surface area (Å²) in [7, 11) is 0. The molecule has 1 heteroatoms. The lowest BCUT2D eigenvalue weighted by Crippen LogP contribution is -2.13. The van der Waals surface area contributed by atoms with Crippen molar-refractivity contribution < 1.29 is 4.58 Å². The summed E-state index contributed by atoms with van der Waals surface area (Å²) in [5, 5.41) is 0. The molecule has 0 aliphatic rings. The van der Waals surface area contributed by atoms with E-state index in [9.17, 15) is 0 Å². The van der Waals surface area contributed by atoms with Gasteiger partial charge in [0.1, 0.15) is 19.3 Å². The SMILES string of the molecule is CC[N+](=CCC(C)CCC=C(C)C)CC. The maximum absolute atomic E-state index is 2.39. The Labute approximate surface area is 95.9 Å². The molecule has 15 heavy (non-hydrogen) atoms. The summed E-state index contributed by atoms with van der Waals surface area (Å²) in [6.45, 7) is 13.4. The summed E-state index contributed by atoms with van der Waals surface area (Å²) in [4.78, 5) is 0. The van der Waals surface area contributed by atoms with Gasteiger partial charge < -0.3 is 0 Å². The Morgan fingerprint density at radius 1 is 1.20 bits per heavy atom. The molecule has 0 radical (unpaired) electrons. The highest BCUT2D eigenvalue weighted by molar-refractivity contribution is 5.51. The molecule has 0 heterocycles. The van der Waals surface area contributed by atoms with Gasteiger partial charge >= 0.3 is 0 Å². The van der Waals surface area contributed by atoms with Crippen molar-refractivity contribution in [3.8, 4) is 0 Å². The summed E-state index contributed by atoms with van der Waals surface area (Å²) < 4.78 is 2.39. The van der Waals surface area contributed by atoms with E-state index in [0.717, 1.165) is 19.0 Å². The predicted octanol–water partition coefficient (Wildman–Crippen LogP) is 3.88. The van der Waals surface area contributed by atoms with Crippen LogP contribution in [0.4, 0.5) is 0 Å². The fourth-order valence-electron chi connectivity index (χ4n) is 1.59. The van der Waals surface area contributed by atoms with Crippen molar-refractivity contribution in [2.24, 2.45) is 5.92 Å². The van der Waals surface area contributed by atoms with Crippen LogP contribution in [-0.4, -0.2) is 23.9 Å². The van der Waals surface area contributed by atoms with Crippen LogP contribution in [-0.2, 0) is 0 Å². The Hall–Kier alpha value is -0.590. The molecular formula is C14H28N+. The van der Waals surface area contributed by atoms with Gasteiger partial charge in [0, 0.05) is 6.42 Å². The third kappa shape index (κ3) is 8.41. The van der Waals surface area contributed by atoms with E-state index >= 15 is 0 Å². The second-order valence-electron chi connectivity index (χ2n) is 4.60. The molecule has 0 aliphatic carbocycles. The summed E-state index contributed by atoms with van der Waals surface area (Å²) >= 11 is 0. The van der Waals surface area contributed by atoms with Crippen molar-refractivity contribution in [1.82, 2.24) is 0 Å². The second-order valence-corrected chi connectivity index (χ2v) is 4.60. The van der Waals surface area contributed by atoms with Gasteiger partial charge in [0.2, 0.25) is 0 Å². The predicted molar refractivity (Wildman–Crippen MR) is 69.9 cm³/mol. The molecule has 0 aromatic rings. The molecule has 0 rings (SSSR count). The highest BCUT2D eigenvalue weighted by Crippen LogP contribution is 2.10. The molecule has 0 aromatic heterocycles. The first-order chi connectivity index (χ1) is 7.10. The lowest BCUT2D eigenvalue weighted by Gasteiger charge is -2.05. The van der Waals surface area contributed by atoms with Crippen molar-refractivity contribution >= 4 is 6.21 Å². The van der Waals surface area contributed by atoms with Crippen LogP contribution in [0, 0.1) is 5.92 Å². The Kier molecular flexibility index (Phi) is 8.35. The number of hydrogen-bond donors (Lipinski definition) is 0.